The van der Waals surface area contributed by atoms with E-state index in [9.17, 15) is 4.79 Å². The third-order valence-electron chi connectivity index (χ3n) is 3.39. The fraction of sp³-hybridized carbons (Fsp3) is 0.846. The lowest BCUT2D eigenvalue weighted by Crippen LogP contribution is -2.36. The number of amides is 1. The highest BCUT2D eigenvalue weighted by Crippen LogP contribution is 2.24. The zero-order valence-electron chi connectivity index (χ0n) is 10.5. The van der Waals surface area contributed by atoms with Crippen LogP contribution in [0.4, 0.5) is 0 Å². The molecular formula is C13H23N3O. The molecule has 2 atom stereocenters. The Kier molecular flexibility index (Phi) is 6.64. The molecule has 1 aliphatic carbocycles. The van der Waals surface area contributed by atoms with E-state index in [1.165, 1.54) is 0 Å². The summed E-state index contributed by atoms with van der Waals surface area (Å²) in [5.41, 5.74) is 5.40. The minimum Gasteiger partial charge on any atom is -0.352 e. The predicted molar refractivity (Wildman–Crippen MR) is 67.0 cm³/mol. The van der Waals surface area contributed by atoms with Crippen LogP contribution in [0.2, 0.25) is 0 Å². The minimum atomic E-state index is 0.0243. The van der Waals surface area contributed by atoms with Gasteiger partial charge in [0.2, 0.25) is 5.91 Å². The van der Waals surface area contributed by atoms with Crippen LogP contribution in [0.15, 0.2) is 0 Å². The Hall–Kier alpha value is -1.08. The third-order valence-corrected chi connectivity index (χ3v) is 3.39. The van der Waals surface area contributed by atoms with Gasteiger partial charge < -0.3 is 11.1 Å². The summed E-state index contributed by atoms with van der Waals surface area (Å²) in [5.74, 6) is 0.126. The average Bonchev–Trinajstić information content (AvgIpc) is 2.76. The molecule has 2 unspecified atom stereocenters. The van der Waals surface area contributed by atoms with Crippen LogP contribution in [0, 0.1) is 17.2 Å². The summed E-state index contributed by atoms with van der Waals surface area (Å²) in [5, 5.41) is 11.9. The Labute approximate surface area is 104 Å². The molecule has 0 aliphatic heterocycles. The van der Waals surface area contributed by atoms with Crippen molar-refractivity contribution in [3.05, 3.63) is 0 Å². The lowest BCUT2D eigenvalue weighted by Gasteiger charge is -2.15. The molecule has 1 rings (SSSR count). The van der Waals surface area contributed by atoms with Crippen LogP contribution in [0.5, 0.6) is 0 Å². The first-order valence-corrected chi connectivity index (χ1v) is 6.67. The summed E-state index contributed by atoms with van der Waals surface area (Å²) in [6.45, 7) is 0.734. The van der Waals surface area contributed by atoms with Crippen molar-refractivity contribution in [2.24, 2.45) is 11.7 Å². The van der Waals surface area contributed by atoms with E-state index in [-0.39, 0.29) is 17.9 Å². The molecule has 0 aromatic rings. The molecule has 17 heavy (non-hydrogen) atoms. The Bertz CT molecular complexity index is 272. The van der Waals surface area contributed by atoms with Gasteiger partial charge in [-0.15, -0.1) is 0 Å². The largest absolute Gasteiger partial charge is 0.352 e. The van der Waals surface area contributed by atoms with E-state index in [0.29, 0.717) is 6.42 Å². The number of carbonyl (C=O) groups is 1. The van der Waals surface area contributed by atoms with E-state index >= 15 is 0 Å². The number of hydrogen-bond acceptors (Lipinski definition) is 3. The molecule has 96 valence electrons. The molecule has 4 heteroatoms. The monoisotopic (exact) mass is 237 g/mol. The standard InChI is InChI=1S/C13H23N3O/c14-9-4-2-1-3-8-13(17)16-12-7-5-6-11(12)10-15/h11-12H,1-9,14H2,(H,16,17). The topological polar surface area (TPSA) is 78.9 Å². The van der Waals surface area contributed by atoms with E-state index in [2.05, 4.69) is 11.4 Å². The van der Waals surface area contributed by atoms with Gasteiger partial charge in [0.25, 0.3) is 0 Å². The van der Waals surface area contributed by atoms with Crippen molar-refractivity contribution in [1.29, 1.82) is 5.26 Å². The average molecular weight is 237 g/mol. The van der Waals surface area contributed by atoms with E-state index in [1.54, 1.807) is 0 Å². The molecule has 0 heterocycles. The fourth-order valence-electron chi connectivity index (χ4n) is 2.35. The minimum absolute atomic E-state index is 0.0243. The van der Waals surface area contributed by atoms with Crippen LogP contribution in [-0.2, 0) is 4.79 Å². The summed E-state index contributed by atoms with van der Waals surface area (Å²) in [6.07, 6.45) is 7.66. The van der Waals surface area contributed by atoms with Crippen molar-refractivity contribution in [3.8, 4) is 6.07 Å². The van der Waals surface area contributed by atoms with Crippen LogP contribution in [0.25, 0.3) is 0 Å². The van der Waals surface area contributed by atoms with Crippen molar-refractivity contribution in [3.63, 3.8) is 0 Å². The van der Waals surface area contributed by atoms with Crippen LogP contribution >= 0.6 is 0 Å². The zero-order valence-corrected chi connectivity index (χ0v) is 10.5. The van der Waals surface area contributed by atoms with Crippen LogP contribution < -0.4 is 11.1 Å². The van der Waals surface area contributed by atoms with Gasteiger partial charge in [0, 0.05) is 12.5 Å². The molecule has 4 nitrogen and oxygen atoms in total. The molecule has 0 aromatic carbocycles. The number of hydrogen-bond donors (Lipinski definition) is 2. The molecule has 1 saturated carbocycles. The number of unbranched alkanes of at least 4 members (excludes halogenated alkanes) is 3. The number of nitriles is 1. The van der Waals surface area contributed by atoms with Crippen LogP contribution in [0.1, 0.15) is 51.4 Å². The van der Waals surface area contributed by atoms with Gasteiger partial charge in [0.1, 0.15) is 0 Å². The van der Waals surface area contributed by atoms with E-state index < -0.39 is 0 Å². The first kappa shape index (κ1) is 14.0. The van der Waals surface area contributed by atoms with Crippen molar-refractivity contribution in [1.82, 2.24) is 5.32 Å². The Morgan fingerprint density at radius 3 is 2.76 bits per heavy atom. The number of carbonyl (C=O) groups excluding carboxylic acids is 1. The van der Waals surface area contributed by atoms with Crippen LogP contribution in [0.3, 0.4) is 0 Å². The summed E-state index contributed by atoms with van der Waals surface area (Å²) in [7, 11) is 0. The van der Waals surface area contributed by atoms with Gasteiger partial charge >= 0.3 is 0 Å². The Morgan fingerprint density at radius 2 is 2.06 bits per heavy atom. The van der Waals surface area contributed by atoms with Crippen molar-refractivity contribution < 1.29 is 4.79 Å². The molecule has 0 aromatic heterocycles. The van der Waals surface area contributed by atoms with Gasteiger partial charge in [0.05, 0.1) is 12.0 Å². The zero-order chi connectivity index (χ0) is 12.5. The molecule has 0 saturated heterocycles. The van der Waals surface area contributed by atoms with Gasteiger partial charge in [-0.05, 0) is 38.6 Å². The van der Waals surface area contributed by atoms with E-state index in [4.69, 9.17) is 11.0 Å². The van der Waals surface area contributed by atoms with Crippen molar-refractivity contribution in [2.75, 3.05) is 6.54 Å². The van der Waals surface area contributed by atoms with Gasteiger partial charge in [0.15, 0.2) is 0 Å². The maximum Gasteiger partial charge on any atom is 0.220 e. The second-order valence-corrected chi connectivity index (χ2v) is 4.79. The second-order valence-electron chi connectivity index (χ2n) is 4.79. The van der Waals surface area contributed by atoms with Crippen LogP contribution in [-0.4, -0.2) is 18.5 Å². The smallest absolute Gasteiger partial charge is 0.220 e. The molecule has 0 bridgehead atoms. The number of rotatable bonds is 7. The normalized spacial score (nSPS) is 23.3. The molecule has 3 N–H and O–H groups in total. The van der Waals surface area contributed by atoms with Gasteiger partial charge in [-0.1, -0.05) is 12.8 Å². The van der Waals surface area contributed by atoms with Crippen molar-refractivity contribution >= 4 is 5.91 Å². The molecule has 1 amide bonds. The molecule has 0 radical (unpaired) electrons. The van der Waals surface area contributed by atoms with Crippen molar-refractivity contribution in [2.45, 2.75) is 57.4 Å². The maximum absolute atomic E-state index is 11.6. The summed E-state index contributed by atoms with van der Waals surface area (Å²) in [4.78, 5) is 11.6. The van der Waals surface area contributed by atoms with Gasteiger partial charge in [-0.2, -0.15) is 5.26 Å². The van der Waals surface area contributed by atoms with Gasteiger partial charge in [-0.3, -0.25) is 4.79 Å². The number of nitrogens with two attached hydrogens (primary N) is 1. The summed E-state index contributed by atoms with van der Waals surface area (Å²) in [6, 6.07) is 2.37. The summed E-state index contributed by atoms with van der Waals surface area (Å²) >= 11 is 0. The lowest BCUT2D eigenvalue weighted by atomic mass is 10.1. The van der Waals surface area contributed by atoms with Gasteiger partial charge in [-0.25, -0.2) is 0 Å². The number of nitrogens with zero attached hydrogens (tertiary/aromatic N) is 1. The quantitative estimate of drug-likeness (QED) is 0.661. The second kappa shape index (κ2) is 8.08. The summed E-state index contributed by atoms with van der Waals surface area (Å²) < 4.78 is 0. The Morgan fingerprint density at radius 1 is 1.29 bits per heavy atom. The predicted octanol–water partition coefficient (Wildman–Crippen LogP) is 1.70. The SMILES string of the molecule is N#CC1CCCC1NC(=O)CCCCCCN. The highest BCUT2D eigenvalue weighted by molar-refractivity contribution is 5.76. The van der Waals surface area contributed by atoms with E-state index in [0.717, 1.165) is 51.5 Å². The lowest BCUT2D eigenvalue weighted by molar-refractivity contribution is -0.122. The highest BCUT2D eigenvalue weighted by atomic mass is 16.1. The highest BCUT2D eigenvalue weighted by Gasteiger charge is 2.27. The first-order valence-electron chi connectivity index (χ1n) is 6.67. The Balaban J connectivity index is 2.10. The first-order chi connectivity index (χ1) is 8.27. The van der Waals surface area contributed by atoms with E-state index in [1.807, 2.05) is 0 Å². The molecule has 0 spiro atoms. The molecule has 1 fully saturated rings. The maximum atomic E-state index is 11.6. The fourth-order valence-corrected chi connectivity index (χ4v) is 2.35. The molecule has 1 aliphatic rings. The molecular weight excluding hydrogens is 214 g/mol. The number of nitrogens with one attached hydrogen (secondary N) is 1. The third kappa shape index (κ3) is 5.18.